The zero-order chi connectivity index (χ0) is 20.0. The van der Waals surface area contributed by atoms with Crippen LogP contribution in [-0.4, -0.2) is 21.6 Å². The van der Waals surface area contributed by atoms with E-state index in [1.54, 1.807) is 4.90 Å². The summed E-state index contributed by atoms with van der Waals surface area (Å²) in [6, 6.07) is 19.4. The van der Waals surface area contributed by atoms with Crippen molar-refractivity contribution in [1.29, 1.82) is 0 Å². The zero-order valence-electron chi connectivity index (χ0n) is 14.6. The minimum Gasteiger partial charge on any atom is -0.307 e. The van der Waals surface area contributed by atoms with Gasteiger partial charge in [0.15, 0.2) is 5.16 Å². The van der Waals surface area contributed by atoms with Crippen LogP contribution >= 0.6 is 11.8 Å². The number of carbonyl (C=O) groups is 1. The summed E-state index contributed by atoms with van der Waals surface area (Å²) < 4.78 is 38.4. The zero-order valence-corrected chi connectivity index (χ0v) is 15.5. The molecule has 0 aliphatic carbocycles. The van der Waals surface area contributed by atoms with Crippen molar-refractivity contribution in [3.63, 3.8) is 0 Å². The molecule has 0 unspecified atom stereocenters. The summed E-state index contributed by atoms with van der Waals surface area (Å²) in [5.74, 6) is -0.329. The molecule has 0 saturated heterocycles. The molecule has 0 aliphatic rings. The van der Waals surface area contributed by atoms with Crippen molar-refractivity contribution >= 4 is 23.4 Å². The molecule has 0 bridgehead atoms. The molecule has 0 spiro atoms. The second-order valence-corrected chi connectivity index (χ2v) is 6.75. The highest BCUT2D eigenvalue weighted by molar-refractivity contribution is 7.99. The van der Waals surface area contributed by atoms with E-state index < -0.39 is 11.9 Å². The van der Waals surface area contributed by atoms with Gasteiger partial charge in [-0.2, -0.15) is 13.2 Å². The van der Waals surface area contributed by atoms with Gasteiger partial charge in [-0.05, 0) is 23.8 Å². The second-order valence-electron chi connectivity index (χ2n) is 5.81. The van der Waals surface area contributed by atoms with E-state index in [2.05, 4.69) is 9.97 Å². The number of carbonyl (C=O) groups excluding carboxylic acids is 1. The van der Waals surface area contributed by atoms with Gasteiger partial charge in [-0.15, -0.1) is 0 Å². The lowest BCUT2D eigenvalue weighted by molar-refractivity contribution is -0.141. The number of amides is 1. The number of hydrogen-bond donors (Lipinski definition) is 0. The molecular formula is C20H16F3N3OS. The lowest BCUT2D eigenvalue weighted by Gasteiger charge is -2.23. The van der Waals surface area contributed by atoms with Crippen LogP contribution in [0.2, 0.25) is 0 Å². The van der Waals surface area contributed by atoms with Crippen LogP contribution in [-0.2, 0) is 17.5 Å². The Balaban J connectivity index is 1.75. The van der Waals surface area contributed by atoms with E-state index in [0.717, 1.165) is 29.6 Å². The van der Waals surface area contributed by atoms with Crippen molar-refractivity contribution in [2.24, 2.45) is 0 Å². The van der Waals surface area contributed by atoms with Gasteiger partial charge in [0.2, 0.25) is 5.91 Å². The van der Waals surface area contributed by atoms with Crippen LogP contribution in [0.1, 0.15) is 11.3 Å². The lowest BCUT2D eigenvalue weighted by Crippen LogP contribution is -2.32. The molecule has 0 atom stereocenters. The van der Waals surface area contributed by atoms with Crippen LogP contribution < -0.4 is 4.90 Å². The fourth-order valence-corrected chi connectivity index (χ4v) is 3.18. The van der Waals surface area contributed by atoms with Crippen LogP contribution in [0.5, 0.6) is 0 Å². The molecule has 1 amide bonds. The molecule has 144 valence electrons. The van der Waals surface area contributed by atoms with Crippen LogP contribution in [0.25, 0.3) is 0 Å². The predicted octanol–water partition coefficient (Wildman–Crippen LogP) is 4.82. The van der Waals surface area contributed by atoms with Gasteiger partial charge in [0.05, 0.1) is 12.3 Å². The summed E-state index contributed by atoms with van der Waals surface area (Å²) in [4.78, 5) is 21.7. The number of aromatic nitrogens is 2. The molecule has 2 aromatic carbocycles. The topological polar surface area (TPSA) is 46.1 Å². The third-order valence-corrected chi connectivity index (χ3v) is 4.65. The third-order valence-electron chi connectivity index (χ3n) is 3.80. The smallest absolute Gasteiger partial charge is 0.307 e. The van der Waals surface area contributed by atoms with Crippen LogP contribution in [0.15, 0.2) is 78.1 Å². The van der Waals surface area contributed by atoms with Gasteiger partial charge in [0.1, 0.15) is 5.69 Å². The van der Waals surface area contributed by atoms with Crippen molar-refractivity contribution in [2.45, 2.75) is 17.9 Å². The van der Waals surface area contributed by atoms with Crippen molar-refractivity contribution < 1.29 is 18.0 Å². The van der Waals surface area contributed by atoms with Crippen molar-refractivity contribution in [3.8, 4) is 0 Å². The number of hydrogen-bond acceptors (Lipinski definition) is 4. The van der Waals surface area contributed by atoms with E-state index in [1.165, 1.54) is 0 Å². The van der Waals surface area contributed by atoms with Crippen molar-refractivity contribution in [1.82, 2.24) is 9.97 Å². The fraction of sp³-hybridized carbons (Fsp3) is 0.150. The first-order chi connectivity index (χ1) is 13.4. The Morgan fingerprint density at radius 3 is 2.25 bits per heavy atom. The summed E-state index contributed by atoms with van der Waals surface area (Å²) in [6.45, 7) is 0.355. The molecular weight excluding hydrogens is 387 g/mol. The molecule has 0 fully saturated rings. The highest BCUT2D eigenvalue weighted by atomic mass is 32.2. The van der Waals surface area contributed by atoms with E-state index in [4.69, 9.17) is 0 Å². The van der Waals surface area contributed by atoms with Gasteiger partial charge >= 0.3 is 6.18 Å². The number of para-hydroxylation sites is 1. The van der Waals surface area contributed by atoms with Gasteiger partial charge in [0.25, 0.3) is 0 Å². The SMILES string of the molecule is O=C(CSc1nccc(C(F)(F)F)n1)N(Cc1ccccc1)c1ccccc1. The first-order valence-corrected chi connectivity index (χ1v) is 9.34. The summed E-state index contributed by atoms with van der Waals surface area (Å²) in [5.41, 5.74) is 0.628. The Morgan fingerprint density at radius 1 is 0.964 bits per heavy atom. The molecule has 0 saturated carbocycles. The highest BCUT2D eigenvalue weighted by Crippen LogP contribution is 2.28. The molecule has 28 heavy (non-hydrogen) atoms. The summed E-state index contributed by atoms with van der Waals surface area (Å²) in [6.07, 6.45) is -3.51. The first-order valence-electron chi connectivity index (χ1n) is 8.36. The highest BCUT2D eigenvalue weighted by Gasteiger charge is 2.32. The molecule has 0 radical (unpaired) electrons. The molecule has 0 aliphatic heterocycles. The van der Waals surface area contributed by atoms with Gasteiger partial charge in [0, 0.05) is 11.9 Å². The quantitative estimate of drug-likeness (QED) is 0.437. The van der Waals surface area contributed by atoms with Gasteiger partial charge in [-0.3, -0.25) is 4.79 Å². The number of alkyl halides is 3. The van der Waals surface area contributed by atoms with Gasteiger partial charge < -0.3 is 4.90 Å². The predicted molar refractivity (Wildman–Crippen MR) is 102 cm³/mol. The molecule has 1 heterocycles. The van der Waals surface area contributed by atoms with E-state index in [1.807, 2.05) is 60.7 Å². The fourth-order valence-electron chi connectivity index (χ4n) is 2.47. The van der Waals surface area contributed by atoms with Crippen LogP contribution in [0.4, 0.5) is 18.9 Å². The summed E-state index contributed by atoms with van der Waals surface area (Å²) >= 11 is 0.879. The molecule has 1 aromatic heterocycles. The molecule has 3 aromatic rings. The van der Waals surface area contributed by atoms with E-state index in [-0.39, 0.29) is 16.8 Å². The minimum atomic E-state index is -4.55. The van der Waals surface area contributed by atoms with Gasteiger partial charge in [-0.25, -0.2) is 9.97 Å². The molecule has 4 nitrogen and oxygen atoms in total. The number of halogens is 3. The maximum Gasteiger partial charge on any atom is 0.433 e. The lowest BCUT2D eigenvalue weighted by atomic mass is 10.2. The van der Waals surface area contributed by atoms with Crippen LogP contribution in [0, 0.1) is 0 Å². The second kappa shape index (κ2) is 8.88. The van der Waals surface area contributed by atoms with Crippen molar-refractivity contribution in [3.05, 3.63) is 84.2 Å². The Labute approximate surface area is 164 Å². The van der Waals surface area contributed by atoms with Gasteiger partial charge in [-0.1, -0.05) is 60.3 Å². The normalized spacial score (nSPS) is 11.2. The molecule has 8 heteroatoms. The maximum absolute atomic E-state index is 12.8. The minimum absolute atomic E-state index is 0.0803. The third kappa shape index (κ3) is 5.32. The number of benzene rings is 2. The van der Waals surface area contributed by atoms with E-state index >= 15 is 0 Å². The Bertz CT molecular complexity index is 921. The maximum atomic E-state index is 12.8. The standard InChI is InChI=1S/C20H16F3N3OS/c21-20(22,23)17-11-12-24-19(25-17)28-14-18(27)26(16-9-5-2-6-10-16)13-15-7-3-1-4-8-15/h1-12H,13-14H2. The number of nitrogens with zero attached hydrogens (tertiary/aromatic N) is 3. The summed E-state index contributed by atoms with van der Waals surface area (Å²) in [7, 11) is 0. The summed E-state index contributed by atoms with van der Waals surface area (Å²) in [5, 5.41) is -0.0871. The number of thioether (sulfide) groups is 1. The molecule has 3 rings (SSSR count). The first kappa shape index (κ1) is 19.9. The number of anilines is 1. The monoisotopic (exact) mass is 403 g/mol. The largest absolute Gasteiger partial charge is 0.433 e. The van der Waals surface area contributed by atoms with Crippen LogP contribution in [0.3, 0.4) is 0 Å². The Morgan fingerprint density at radius 2 is 1.61 bits per heavy atom. The average molecular weight is 403 g/mol. The Kier molecular flexibility index (Phi) is 6.30. The number of rotatable bonds is 6. The molecule has 0 N–H and O–H groups in total. The van der Waals surface area contributed by atoms with E-state index in [9.17, 15) is 18.0 Å². The average Bonchev–Trinajstić information content (AvgIpc) is 2.71. The van der Waals surface area contributed by atoms with Crippen molar-refractivity contribution in [2.75, 3.05) is 10.7 Å². The Hall–Kier alpha value is -2.87. The van der Waals surface area contributed by atoms with E-state index in [0.29, 0.717) is 12.2 Å².